The van der Waals surface area contributed by atoms with E-state index in [1.165, 1.54) is 6.20 Å². The first-order valence-electron chi connectivity index (χ1n) is 9.59. The largest absolute Gasteiger partial charge is 0.493 e. The fourth-order valence-electron chi connectivity index (χ4n) is 3.40. The van der Waals surface area contributed by atoms with Crippen LogP contribution in [0.25, 0.3) is 0 Å². The van der Waals surface area contributed by atoms with Crippen molar-refractivity contribution in [2.24, 2.45) is 0 Å². The molecule has 1 unspecified atom stereocenters. The van der Waals surface area contributed by atoms with Gasteiger partial charge in [0.2, 0.25) is 0 Å². The van der Waals surface area contributed by atoms with Gasteiger partial charge >= 0.3 is 0 Å². The maximum atomic E-state index is 12.6. The summed E-state index contributed by atoms with van der Waals surface area (Å²) in [5, 5.41) is 8.18. The lowest BCUT2D eigenvalue weighted by Crippen LogP contribution is -2.29. The van der Waals surface area contributed by atoms with Gasteiger partial charge in [-0.2, -0.15) is 5.10 Å². The maximum absolute atomic E-state index is 12.6. The molecule has 7 nitrogen and oxygen atoms in total. The second-order valence-corrected chi connectivity index (χ2v) is 7.59. The standard InChI is InChI=1S/C21H22ClN5O2/c1-14-11-24-20(12-23-14)21(28)27-7-5-15(13-27)19-10-17(25-26-19)6-8-29-18-4-2-3-16(22)9-18/h2-4,9-12,15H,5-8,13H2,1H3,(H,25,26). The van der Waals surface area contributed by atoms with Crippen molar-refractivity contribution in [3.05, 3.63) is 70.5 Å². The van der Waals surface area contributed by atoms with Crippen LogP contribution in [0.15, 0.2) is 42.7 Å². The molecule has 4 rings (SSSR count). The molecule has 29 heavy (non-hydrogen) atoms. The molecule has 0 spiro atoms. The van der Waals surface area contributed by atoms with Gasteiger partial charge in [-0.3, -0.25) is 14.9 Å². The van der Waals surface area contributed by atoms with Crippen molar-refractivity contribution in [3.8, 4) is 5.75 Å². The number of likely N-dealkylation sites (tertiary alicyclic amines) is 1. The third-order valence-corrected chi connectivity index (χ3v) is 5.22. The highest BCUT2D eigenvalue weighted by molar-refractivity contribution is 6.30. The van der Waals surface area contributed by atoms with E-state index in [4.69, 9.17) is 16.3 Å². The molecule has 1 amide bonds. The first-order chi connectivity index (χ1) is 14.1. The quantitative estimate of drug-likeness (QED) is 0.671. The molecule has 1 atom stereocenters. The summed E-state index contributed by atoms with van der Waals surface area (Å²) in [4.78, 5) is 22.8. The zero-order chi connectivity index (χ0) is 20.2. The molecule has 2 aromatic heterocycles. The van der Waals surface area contributed by atoms with Crippen molar-refractivity contribution in [1.29, 1.82) is 0 Å². The molecule has 1 saturated heterocycles. The van der Waals surface area contributed by atoms with Gasteiger partial charge in [-0.05, 0) is 37.6 Å². The highest BCUT2D eigenvalue weighted by Crippen LogP contribution is 2.27. The van der Waals surface area contributed by atoms with Crippen LogP contribution in [0.1, 0.15) is 39.9 Å². The van der Waals surface area contributed by atoms with Crippen LogP contribution in [0.2, 0.25) is 5.02 Å². The Morgan fingerprint density at radius 2 is 2.21 bits per heavy atom. The predicted molar refractivity (Wildman–Crippen MR) is 109 cm³/mol. The van der Waals surface area contributed by atoms with E-state index >= 15 is 0 Å². The normalized spacial score (nSPS) is 16.2. The number of nitrogens with zero attached hydrogens (tertiary/aromatic N) is 4. The molecule has 150 valence electrons. The average Bonchev–Trinajstić information content (AvgIpc) is 3.38. The van der Waals surface area contributed by atoms with Gasteiger partial charge in [-0.25, -0.2) is 4.98 Å². The van der Waals surface area contributed by atoms with Gasteiger partial charge in [0.1, 0.15) is 11.4 Å². The van der Waals surface area contributed by atoms with Crippen molar-refractivity contribution in [3.63, 3.8) is 0 Å². The molecule has 1 aliphatic rings. The minimum atomic E-state index is -0.0781. The zero-order valence-corrected chi connectivity index (χ0v) is 16.9. The Bertz CT molecular complexity index is 989. The molecule has 1 N–H and O–H groups in total. The van der Waals surface area contributed by atoms with Crippen molar-refractivity contribution in [2.75, 3.05) is 19.7 Å². The number of ether oxygens (including phenoxy) is 1. The third kappa shape index (κ3) is 4.74. The summed E-state index contributed by atoms with van der Waals surface area (Å²) in [7, 11) is 0. The van der Waals surface area contributed by atoms with Crippen LogP contribution in [0.5, 0.6) is 5.75 Å². The molecule has 0 radical (unpaired) electrons. The minimum absolute atomic E-state index is 0.0781. The monoisotopic (exact) mass is 411 g/mol. The summed E-state index contributed by atoms with van der Waals surface area (Å²) in [5.74, 6) is 0.892. The lowest BCUT2D eigenvalue weighted by molar-refractivity contribution is 0.0784. The van der Waals surface area contributed by atoms with E-state index in [-0.39, 0.29) is 11.8 Å². The molecule has 8 heteroatoms. The number of amides is 1. The van der Waals surface area contributed by atoms with Crippen LogP contribution in [0.3, 0.4) is 0 Å². The lowest BCUT2D eigenvalue weighted by Gasteiger charge is -2.15. The van der Waals surface area contributed by atoms with Crippen molar-refractivity contribution in [2.45, 2.75) is 25.7 Å². The zero-order valence-electron chi connectivity index (χ0n) is 16.1. The van der Waals surface area contributed by atoms with E-state index in [0.29, 0.717) is 36.8 Å². The Morgan fingerprint density at radius 3 is 3.00 bits per heavy atom. The smallest absolute Gasteiger partial charge is 0.274 e. The van der Waals surface area contributed by atoms with Gasteiger partial charge in [0, 0.05) is 42.3 Å². The van der Waals surface area contributed by atoms with Crippen LogP contribution in [0.4, 0.5) is 0 Å². The van der Waals surface area contributed by atoms with Crippen LogP contribution < -0.4 is 4.74 Å². The van der Waals surface area contributed by atoms with Crippen LogP contribution in [-0.2, 0) is 6.42 Å². The fourth-order valence-corrected chi connectivity index (χ4v) is 3.58. The van der Waals surface area contributed by atoms with Gasteiger partial charge in [-0.1, -0.05) is 17.7 Å². The number of carbonyl (C=O) groups excluding carboxylic acids is 1. The summed E-state index contributed by atoms with van der Waals surface area (Å²) in [6.07, 6.45) is 4.76. The number of nitrogens with one attached hydrogen (secondary N) is 1. The van der Waals surface area contributed by atoms with Crippen molar-refractivity contribution < 1.29 is 9.53 Å². The number of rotatable bonds is 6. The molecular formula is C21H22ClN5O2. The Balaban J connectivity index is 1.30. The number of aromatic amines is 1. The highest BCUT2D eigenvalue weighted by Gasteiger charge is 2.30. The molecule has 0 bridgehead atoms. The van der Waals surface area contributed by atoms with E-state index < -0.39 is 0 Å². The summed E-state index contributed by atoms with van der Waals surface area (Å²) in [6.45, 7) is 3.71. The Hall–Kier alpha value is -2.93. The second kappa shape index (κ2) is 8.61. The van der Waals surface area contributed by atoms with Gasteiger partial charge in [0.15, 0.2) is 0 Å². The number of H-pyrrole nitrogens is 1. The lowest BCUT2D eigenvalue weighted by atomic mass is 10.0. The topological polar surface area (TPSA) is 84.0 Å². The van der Waals surface area contributed by atoms with Crippen molar-refractivity contribution in [1.82, 2.24) is 25.1 Å². The van der Waals surface area contributed by atoms with Crippen LogP contribution in [-0.4, -0.2) is 50.7 Å². The highest BCUT2D eigenvalue weighted by atomic mass is 35.5. The Kier molecular flexibility index (Phi) is 5.76. The summed E-state index contributed by atoms with van der Waals surface area (Å²) >= 11 is 5.97. The summed E-state index contributed by atoms with van der Waals surface area (Å²) < 4.78 is 5.73. The van der Waals surface area contributed by atoms with Crippen molar-refractivity contribution >= 4 is 17.5 Å². The maximum Gasteiger partial charge on any atom is 0.274 e. The number of halogens is 1. The van der Waals surface area contributed by atoms with Gasteiger partial charge in [0.05, 0.1) is 24.2 Å². The van der Waals surface area contributed by atoms with Gasteiger partial charge in [0.25, 0.3) is 5.91 Å². The fraction of sp³-hybridized carbons (Fsp3) is 0.333. The van der Waals surface area contributed by atoms with Gasteiger partial charge < -0.3 is 9.64 Å². The number of carbonyl (C=O) groups is 1. The van der Waals surface area contributed by atoms with E-state index in [1.54, 1.807) is 12.3 Å². The second-order valence-electron chi connectivity index (χ2n) is 7.15. The molecule has 0 saturated carbocycles. The van der Waals surface area contributed by atoms with Crippen LogP contribution in [0, 0.1) is 6.92 Å². The number of hydrogen-bond acceptors (Lipinski definition) is 5. The van der Waals surface area contributed by atoms with E-state index in [0.717, 1.165) is 29.3 Å². The Labute approximate surface area is 174 Å². The summed E-state index contributed by atoms with van der Waals surface area (Å²) in [6, 6.07) is 9.42. The number of hydrogen-bond donors (Lipinski definition) is 1. The minimum Gasteiger partial charge on any atom is -0.493 e. The molecule has 3 heterocycles. The summed E-state index contributed by atoms with van der Waals surface area (Å²) in [5.41, 5.74) is 3.17. The van der Waals surface area contributed by atoms with Crippen LogP contribution >= 0.6 is 11.6 Å². The van der Waals surface area contributed by atoms with E-state index in [1.807, 2.05) is 30.0 Å². The predicted octanol–water partition coefficient (Wildman–Crippen LogP) is 3.41. The molecule has 1 fully saturated rings. The number of aryl methyl sites for hydroxylation is 1. The molecule has 3 aromatic rings. The van der Waals surface area contributed by atoms with E-state index in [9.17, 15) is 4.79 Å². The molecule has 1 aromatic carbocycles. The molecule has 0 aliphatic carbocycles. The number of benzene rings is 1. The SMILES string of the molecule is Cc1cnc(C(=O)N2CCC(c3cc(CCOc4cccc(Cl)c4)[nH]n3)C2)cn1. The molecule has 1 aliphatic heterocycles. The number of aromatic nitrogens is 4. The average molecular weight is 412 g/mol. The first kappa shape index (κ1) is 19.4. The first-order valence-corrected chi connectivity index (χ1v) is 9.97. The van der Waals surface area contributed by atoms with E-state index in [2.05, 4.69) is 26.2 Å². The van der Waals surface area contributed by atoms with Gasteiger partial charge in [-0.15, -0.1) is 0 Å². The molecular weight excluding hydrogens is 390 g/mol. The Morgan fingerprint density at radius 1 is 1.31 bits per heavy atom. The third-order valence-electron chi connectivity index (χ3n) is 4.98.